The van der Waals surface area contributed by atoms with Crippen LogP contribution < -0.4 is 0 Å². The van der Waals surface area contributed by atoms with E-state index in [9.17, 15) is 0 Å². The molecule has 1 aromatic heterocycles. The van der Waals surface area contributed by atoms with Crippen LogP contribution in [0.1, 0.15) is 48.6 Å². The molecule has 0 N–H and O–H groups in total. The summed E-state index contributed by atoms with van der Waals surface area (Å²) in [6.07, 6.45) is 4.95. The van der Waals surface area contributed by atoms with Gasteiger partial charge in [0.05, 0.1) is 5.69 Å². The van der Waals surface area contributed by atoms with Gasteiger partial charge in [0.25, 0.3) is 0 Å². The smallest absolute Gasteiger partial charge is 0.136 e. The monoisotopic (exact) mass is 223 g/mol. The zero-order valence-electron chi connectivity index (χ0n) is 10.5. The zero-order chi connectivity index (χ0) is 11.5. The van der Waals surface area contributed by atoms with Crippen molar-refractivity contribution in [3.63, 3.8) is 0 Å². The third-order valence-electron chi connectivity index (χ3n) is 3.83. The van der Waals surface area contributed by atoms with E-state index in [1.807, 2.05) is 6.92 Å². The number of methoxy groups -OCH3 is 1. The van der Waals surface area contributed by atoms with E-state index in [4.69, 9.17) is 9.26 Å². The molecule has 1 saturated carbocycles. The van der Waals surface area contributed by atoms with E-state index in [0.29, 0.717) is 5.92 Å². The molecule has 3 nitrogen and oxygen atoms in total. The summed E-state index contributed by atoms with van der Waals surface area (Å²) in [5.41, 5.74) is 2.43. The molecule has 16 heavy (non-hydrogen) atoms. The Morgan fingerprint density at radius 2 is 1.94 bits per heavy atom. The summed E-state index contributed by atoms with van der Waals surface area (Å²) in [7, 11) is 1.79. The first kappa shape index (κ1) is 11.6. The van der Waals surface area contributed by atoms with Crippen LogP contribution in [0.3, 0.4) is 0 Å². The molecule has 0 unspecified atom stereocenters. The fourth-order valence-corrected chi connectivity index (χ4v) is 2.65. The van der Waals surface area contributed by atoms with Gasteiger partial charge in [0.1, 0.15) is 5.76 Å². The van der Waals surface area contributed by atoms with Crippen molar-refractivity contribution in [2.45, 2.75) is 45.4 Å². The number of hydrogen-bond acceptors (Lipinski definition) is 3. The van der Waals surface area contributed by atoms with Gasteiger partial charge >= 0.3 is 0 Å². The van der Waals surface area contributed by atoms with Gasteiger partial charge in [-0.25, -0.2) is 0 Å². The minimum atomic E-state index is 0.602. The van der Waals surface area contributed by atoms with Gasteiger partial charge < -0.3 is 9.26 Å². The summed E-state index contributed by atoms with van der Waals surface area (Å²) in [4.78, 5) is 0. The predicted octanol–water partition coefficient (Wildman–Crippen LogP) is 3.21. The van der Waals surface area contributed by atoms with Gasteiger partial charge in [-0.3, -0.25) is 0 Å². The first-order valence-electron chi connectivity index (χ1n) is 6.14. The number of aromatic nitrogens is 1. The Bertz CT molecular complexity index is 338. The highest BCUT2D eigenvalue weighted by atomic mass is 16.5. The average molecular weight is 223 g/mol. The molecule has 1 aliphatic carbocycles. The molecule has 1 heterocycles. The summed E-state index contributed by atoms with van der Waals surface area (Å²) in [6, 6.07) is 0. The maximum atomic E-state index is 5.25. The third kappa shape index (κ3) is 2.29. The van der Waals surface area contributed by atoms with Crippen molar-refractivity contribution in [2.24, 2.45) is 5.92 Å². The Morgan fingerprint density at radius 3 is 2.44 bits per heavy atom. The van der Waals surface area contributed by atoms with Crippen LogP contribution in [-0.2, 0) is 4.74 Å². The Labute approximate surface area is 97.2 Å². The Balaban J connectivity index is 1.96. The highest BCUT2D eigenvalue weighted by Gasteiger charge is 2.26. The maximum Gasteiger partial charge on any atom is 0.136 e. The van der Waals surface area contributed by atoms with E-state index in [1.165, 1.54) is 36.9 Å². The Morgan fingerprint density at radius 1 is 1.25 bits per heavy atom. The number of aryl methyl sites for hydroxylation is 1. The van der Waals surface area contributed by atoms with Crippen LogP contribution in [0.15, 0.2) is 4.52 Å². The van der Waals surface area contributed by atoms with Gasteiger partial charge in [-0.05, 0) is 45.4 Å². The lowest BCUT2D eigenvalue weighted by atomic mass is 9.80. The lowest BCUT2D eigenvalue weighted by Crippen LogP contribution is -2.17. The second-order valence-corrected chi connectivity index (χ2v) is 4.92. The molecule has 90 valence electrons. The second kappa shape index (κ2) is 5.00. The van der Waals surface area contributed by atoms with E-state index < -0.39 is 0 Å². The van der Waals surface area contributed by atoms with Gasteiger partial charge in [-0.15, -0.1) is 0 Å². The van der Waals surface area contributed by atoms with Crippen LogP contribution in [0.25, 0.3) is 0 Å². The fourth-order valence-electron chi connectivity index (χ4n) is 2.65. The van der Waals surface area contributed by atoms with Crippen molar-refractivity contribution in [3.05, 3.63) is 17.0 Å². The Kier molecular flexibility index (Phi) is 3.64. The highest BCUT2D eigenvalue weighted by molar-refractivity contribution is 5.23. The van der Waals surface area contributed by atoms with Crippen molar-refractivity contribution in [1.82, 2.24) is 5.16 Å². The van der Waals surface area contributed by atoms with E-state index in [2.05, 4.69) is 12.1 Å². The molecule has 3 heteroatoms. The molecule has 0 aromatic carbocycles. The average Bonchev–Trinajstić information content (AvgIpc) is 2.62. The van der Waals surface area contributed by atoms with Gasteiger partial charge in [-0.1, -0.05) is 5.16 Å². The Hall–Kier alpha value is -0.830. The molecular formula is C13H21NO2. The first-order chi connectivity index (χ1) is 7.72. The van der Waals surface area contributed by atoms with Crippen LogP contribution in [0.5, 0.6) is 0 Å². The van der Waals surface area contributed by atoms with Gasteiger partial charge in [-0.2, -0.15) is 0 Å². The zero-order valence-corrected chi connectivity index (χ0v) is 10.5. The topological polar surface area (TPSA) is 35.3 Å². The molecule has 0 spiro atoms. The second-order valence-electron chi connectivity index (χ2n) is 4.92. The molecular weight excluding hydrogens is 202 g/mol. The van der Waals surface area contributed by atoms with Gasteiger partial charge in [0, 0.05) is 25.2 Å². The number of rotatable bonds is 3. The van der Waals surface area contributed by atoms with E-state index in [-0.39, 0.29) is 0 Å². The van der Waals surface area contributed by atoms with Crippen molar-refractivity contribution >= 4 is 0 Å². The van der Waals surface area contributed by atoms with Crippen molar-refractivity contribution in [3.8, 4) is 0 Å². The summed E-state index contributed by atoms with van der Waals surface area (Å²) in [5, 5.41) is 4.20. The molecule has 0 saturated heterocycles. The molecule has 1 aromatic rings. The predicted molar refractivity (Wildman–Crippen MR) is 62.6 cm³/mol. The quantitative estimate of drug-likeness (QED) is 0.789. The number of ether oxygens (including phenoxy) is 1. The minimum absolute atomic E-state index is 0.602. The van der Waals surface area contributed by atoms with E-state index in [0.717, 1.165) is 18.3 Å². The summed E-state index contributed by atoms with van der Waals surface area (Å²) < 4.78 is 10.5. The van der Waals surface area contributed by atoms with E-state index >= 15 is 0 Å². The van der Waals surface area contributed by atoms with E-state index in [1.54, 1.807) is 7.11 Å². The molecule has 1 fully saturated rings. The van der Waals surface area contributed by atoms with Crippen LogP contribution >= 0.6 is 0 Å². The SMILES string of the molecule is COCC1CCC(c2noc(C)c2C)CC1. The maximum absolute atomic E-state index is 5.25. The van der Waals surface area contributed by atoms with Crippen LogP contribution in [0.2, 0.25) is 0 Å². The molecule has 2 rings (SSSR count). The molecule has 1 aliphatic rings. The lowest BCUT2D eigenvalue weighted by Gasteiger charge is -2.27. The van der Waals surface area contributed by atoms with Crippen LogP contribution in [-0.4, -0.2) is 18.9 Å². The number of nitrogens with zero attached hydrogens (tertiary/aromatic N) is 1. The normalized spacial score (nSPS) is 25.9. The molecule has 0 amide bonds. The molecule has 0 bridgehead atoms. The van der Waals surface area contributed by atoms with Gasteiger partial charge in [0.2, 0.25) is 0 Å². The lowest BCUT2D eigenvalue weighted by molar-refractivity contribution is 0.126. The summed E-state index contributed by atoms with van der Waals surface area (Å²) in [6.45, 7) is 5.01. The summed E-state index contributed by atoms with van der Waals surface area (Å²) >= 11 is 0. The van der Waals surface area contributed by atoms with Gasteiger partial charge in [0.15, 0.2) is 0 Å². The molecule has 0 radical (unpaired) electrons. The van der Waals surface area contributed by atoms with Crippen molar-refractivity contribution in [2.75, 3.05) is 13.7 Å². The van der Waals surface area contributed by atoms with Crippen molar-refractivity contribution < 1.29 is 9.26 Å². The van der Waals surface area contributed by atoms with Crippen molar-refractivity contribution in [1.29, 1.82) is 0 Å². The van der Waals surface area contributed by atoms with Crippen LogP contribution in [0, 0.1) is 19.8 Å². The largest absolute Gasteiger partial charge is 0.384 e. The first-order valence-corrected chi connectivity index (χ1v) is 6.14. The standard InChI is InChI=1S/C13H21NO2/c1-9-10(2)16-14-13(9)12-6-4-11(5-7-12)8-15-3/h11-12H,4-8H2,1-3H3. The third-order valence-corrected chi connectivity index (χ3v) is 3.83. The molecule has 0 aliphatic heterocycles. The summed E-state index contributed by atoms with van der Waals surface area (Å²) in [5.74, 6) is 2.31. The minimum Gasteiger partial charge on any atom is -0.384 e. The number of hydrogen-bond donors (Lipinski definition) is 0. The highest BCUT2D eigenvalue weighted by Crippen LogP contribution is 2.36. The van der Waals surface area contributed by atoms with Crippen LogP contribution in [0.4, 0.5) is 0 Å². The fraction of sp³-hybridized carbons (Fsp3) is 0.769. The molecule has 0 atom stereocenters.